The normalized spacial score (nSPS) is 27.5. The van der Waals surface area contributed by atoms with E-state index in [-0.39, 0.29) is 18.0 Å². The molecule has 1 saturated carbocycles. The average molecular weight is 287 g/mol. The molecule has 2 fully saturated rings. The van der Waals surface area contributed by atoms with Crippen molar-refractivity contribution in [1.82, 2.24) is 10.2 Å². The van der Waals surface area contributed by atoms with E-state index in [4.69, 9.17) is 5.73 Å². The highest BCUT2D eigenvalue weighted by Gasteiger charge is 2.39. The number of hydrogen-bond acceptors (Lipinski definition) is 3. The van der Waals surface area contributed by atoms with Gasteiger partial charge in [0.2, 0.25) is 5.91 Å². The standard InChI is InChI=1S/C17H25N3O/c1-12-9-14(11-20(12)15-7-8-15)19-17(21)10-16(18)13-5-3-2-4-6-13/h2-6,12,14-16H,7-11,18H2,1H3,(H,19,21). The number of carbonyl (C=O) groups excluding carboxylic acids is 1. The van der Waals surface area contributed by atoms with Gasteiger partial charge in [-0.2, -0.15) is 0 Å². The predicted octanol–water partition coefficient (Wildman–Crippen LogP) is 1.82. The number of nitrogens with zero attached hydrogens (tertiary/aromatic N) is 1. The maximum atomic E-state index is 12.2. The first-order valence-corrected chi connectivity index (χ1v) is 7.99. The highest BCUT2D eigenvalue weighted by atomic mass is 16.1. The molecule has 4 heteroatoms. The van der Waals surface area contributed by atoms with Crippen LogP contribution in [-0.4, -0.2) is 35.5 Å². The maximum Gasteiger partial charge on any atom is 0.222 e. The monoisotopic (exact) mass is 287 g/mol. The third-order valence-electron chi connectivity index (χ3n) is 4.64. The number of carbonyl (C=O) groups is 1. The molecule has 1 aromatic rings. The molecule has 1 aromatic carbocycles. The Labute approximate surface area is 126 Å². The van der Waals surface area contributed by atoms with Crippen molar-refractivity contribution < 1.29 is 4.79 Å². The second-order valence-electron chi connectivity index (χ2n) is 6.50. The summed E-state index contributed by atoms with van der Waals surface area (Å²) in [4.78, 5) is 14.7. The van der Waals surface area contributed by atoms with Crippen molar-refractivity contribution in [2.45, 2.75) is 56.8 Å². The minimum atomic E-state index is -0.218. The predicted molar refractivity (Wildman–Crippen MR) is 83.7 cm³/mol. The molecular weight excluding hydrogens is 262 g/mol. The van der Waals surface area contributed by atoms with Crippen LogP contribution in [0.4, 0.5) is 0 Å². The summed E-state index contributed by atoms with van der Waals surface area (Å²) < 4.78 is 0. The smallest absolute Gasteiger partial charge is 0.222 e. The first kappa shape index (κ1) is 14.5. The van der Waals surface area contributed by atoms with Crippen LogP contribution in [0, 0.1) is 0 Å². The number of amides is 1. The van der Waals surface area contributed by atoms with Crippen LogP contribution in [0.2, 0.25) is 0 Å². The topological polar surface area (TPSA) is 58.4 Å². The Balaban J connectivity index is 1.48. The molecule has 1 saturated heterocycles. The van der Waals surface area contributed by atoms with E-state index in [0.717, 1.165) is 24.6 Å². The van der Waals surface area contributed by atoms with E-state index in [9.17, 15) is 4.79 Å². The van der Waals surface area contributed by atoms with Gasteiger partial charge in [0, 0.05) is 37.1 Å². The van der Waals surface area contributed by atoms with Crippen LogP contribution in [0.5, 0.6) is 0 Å². The van der Waals surface area contributed by atoms with Gasteiger partial charge in [0.1, 0.15) is 0 Å². The molecule has 0 spiro atoms. The van der Waals surface area contributed by atoms with E-state index in [1.54, 1.807) is 0 Å². The number of benzene rings is 1. The van der Waals surface area contributed by atoms with Crippen LogP contribution >= 0.6 is 0 Å². The summed E-state index contributed by atoms with van der Waals surface area (Å²) in [5.74, 6) is 0.0706. The number of nitrogens with two attached hydrogens (primary N) is 1. The third-order valence-corrected chi connectivity index (χ3v) is 4.64. The van der Waals surface area contributed by atoms with Crippen molar-refractivity contribution in [2.75, 3.05) is 6.54 Å². The molecule has 1 aliphatic carbocycles. The first-order valence-electron chi connectivity index (χ1n) is 7.99. The number of hydrogen-bond donors (Lipinski definition) is 2. The van der Waals surface area contributed by atoms with Crippen LogP contribution in [0.1, 0.15) is 44.2 Å². The molecular formula is C17H25N3O. The van der Waals surface area contributed by atoms with Gasteiger partial charge >= 0.3 is 0 Å². The summed E-state index contributed by atoms with van der Waals surface area (Å²) in [6, 6.07) is 11.3. The van der Waals surface area contributed by atoms with Gasteiger partial charge in [0.15, 0.2) is 0 Å². The Morgan fingerprint density at radius 2 is 2.10 bits per heavy atom. The maximum absolute atomic E-state index is 12.2. The van der Waals surface area contributed by atoms with Gasteiger partial charge in [-0.3, -0.25) is 9.69 Å². The van der Waals surface area contributed by atoms with Crippen LogP contribution in [0.25, 0.3) is 0 Å². The molecule has 1 heterocycles. The molecule has 3 unspecified atom stereocenters. The minimum absolute atomic E-state index is 0.0706. The molecule has 3 N–H and O–H groups in total. The van der Waals surface area contributed by atoms with Gasteiger partial charge in [-0.05, 0) is 31.7 Å². The fourth-order valence-corrected chi connectivity index (χ4v) is 3.38. The quantitative estimate of drug-likeness (QED) is 0.868. The molecule has 0 radical (unpaired) electrons. The average Bonchev–Trinajstić information content (AvgIpc) is 3.24. The molecule has 1 amide bonds. The van der Waals surface area contributed by atoms with Gasteiger partial charge < -0.3 is 11.1 Å². The van der Waals surface area contributed by atoms with E-state index in [1.807, 2.05) is 30.3 Å². The summed E-state index contributed by atoms with van der Waals surface area (Å²) in [6.45, 7) is 3.26. The van der Waals surface area contributed by atoms with Crippen LogP contribution in [0.15, 0.2) is 30.3 Å². The molecule has 4 nitrogen and oxygen atoms in total. The van der Waals surface area contributed by atoms with Crippen molar-refractivity contribution >= 4 is 5.91 Å². The van der Waals surface area contributed by atoms with Gasteiger partial charge in [-0.15, -0.1) is 0 Å². The molecule has 21 heavy (non-hydrogen) atoms. The second-order valence-corrected chi connectivity index (χ2v) is 6.50. The lowest BCUT2D eigenvalue weighted by atomic mass is 10.0. The van der Waals surface area contributed by atoms with E-state index in [1.165, 1.54) is 12.8 Å². The second kappa shape index (κ2) is 6.16. The SMILES string of the molecule is CC1CC(NC(=O)CC(N)c2ccccc2)CN1C1CC1. The third kappa shape index (κ3) is 3.63. The Morgan fingerprint density at radius 3 is 2.76 bits per heavy atom. The summed E-state index contributed by atoms with van der Waals surface area (Å²) in [5.41, 5.74) is 7.13. The van der Waals surface area contributed by atoms with Crippen molar-refractivity contribution in [3.05, 3.63) is 35.9 Å². The Hall–Kier alpha value is -1.39. The number of rotatable bonds is 5. The lowest BCUT2D eigenvalue weighted by molar-refractivity contribution is -0.122. The molecule has 2 aliphatic rings. The van der Waals surface area contributed by atoms with Crippen molar-refractivity contribution in [3.63, 3.8) is 0 Å². The van der Waals surface area contributed by atoms with Crippen LogP contribution in [0.3, 0.4) is 0 Å². The lowest BCUT2D eigenvalue weighted by Crippen LogP contribution is -2.38. The lowest BCUT2D eigenvalue weighted by Gasteiger charge is -2.20. The zero-order valence-corrected chi connectivity index (χ0v) is 12.7. The van der Waals surface area contributed by atoms with Gasteiger partial charge in [-0.25, -0.2) is 0 Å². The van der Waals surface area contributed by atoms with Crippen molar-refractivity contribution in [2.24, 2.45) is 5.73 Å². The Morgan fingerprint density at radius 1 is 1.38 bits per heavy atom. The molecule has 0 bridgehead atoms. The van der Waals surface area contributed by atoms with E-state index < -0.39 is 0 Å². The largest absolute Gasteiger partial charge is 0.352 e. The van der Waals surface area contributed by atoms with Crippen LogP contribution < -0.4 is 11.1 Å². The number of nitrogens with one attached hydrogen (secondary N) is 1. The van der Waals surface area contributed by atoms with Crippen molar-refractivity contribution in [1.29, 1.82) is 0 Å². The highest BCUT2D eigenvalue weighted by molar-refractivity contribution is 5.77. The van der Waals surface area contributed by atoms with Crippen molar-refractivity contribution in [3.8, 4) is 0 Å². The molecule has 0 aromatic heterocycles. The molecule has 3 atom stereocenters. The Kier molecular flexibility index (Phi) is 4.27. The van der Waals surface area contributed by atoms with E-state index in [2.05, 4.69) is 17.1 Å². The van der Waals surface area contributed by atoms with Gasteiger partial charge in [0.25, 0.3) is 0 Å². The highest BCUT2D eigenvalue weighted by Crippen LogP contribution is 2.33. The van der Waals surface area contributed by atoms with Crippen LogP contribution in [-0.2, 0) is 4.79 Å². The summed E-state index contributed by atoms with van der Waals surface area (Å²) in [7, 11) is 0. The Bertz CT molecular complexity index is 486. The van der Waals surface area contributed by atoms with E-state index in [0.29, 0.717) is 12.5 Å². The molecule has 3 rings (SSSR count). The fourth-order valence-electron chi connectivity index (χ4n) is 3.38. The zero-order chi connectivity index (χ0) is 14.8. The summed E-state index contributed by atoms with van der Waals surface area (Å²) >= 11 is 0. The van der Waals surface area contributed by atoms with Gasteiger partial charge in [-0.1, -0.05) is 30.3 Å². The van der Waals surface area contributed by atoms with E-state index >= 15 is 0 Å². The van der Waals surface area contributed by atoms with Gasteiger partial charge in [0.05, 0.1) is 0 Å². The summed E-state index contributed by atoms with van der Waals surface area (Å²) in [6.07, 6.45) is 4.06. The zero-order valence-electron chi connectivity index (χ0n) is 12.7. The molecule has 114 valence electrons. The minimum Gasteiger partial charge on any atom is -0.352 e. The molecule has 1 aliphatic heterocycles. The number of likely N-dealkylation sites (tertiary alicyclic amines) is 1. The first-order chi connectivity index (χ1) is 10.1. The fraction of sp³-hybridized carbons (Fsp3) is 0.588. The summed E-state index contributed by atoms with van der Waals surface area (Å²) in [5, 5.41) is 3.16.